The monoisotopic (exact) mass is 451 g/mol. The highest BCUT2D eigenvalue weighted by molar-refractivity contribution is 6.30. The number of likely N-dealkylation sites (tertiary alicyclic amines) is 1. The number of hydrogen-bond donors (Lipinski definition) is 0. The molecule has 2 aromatic carbocycles. The van der Waals surface area contributed by atoms with Gasteiger partial charge in [-0.05, 0) is 86.9 Å². The molecule has 3 aromatic rings. The Bertz CT molecular complexity index is 1190. The summed E-state index contributed by atoms with van der Waals surface area (Å²) < 4.78 is 15.9. The van der Waals surface area contributed by atoms with Gasteiger partial charge in [0.25, 0.3) is 0 Å². The summed E-state index contributed by atoms with van der Waals surface area (Å²) in [5.41, 5.74) is 4.90. The number of imidazole rings is 1. The van der Waals surface area contributed by atoms with Crippen LogP contribution >= 0.6 is 11.6 Å². The van der Waals surface area contributed by atoms with Crippen LogP contribution in [0.5, 0.6) is 0 Å². The first kappa shape index (κ1) is 21.2. The first-order valence-electron chi connectivity index (χ1n) is 11.2. The zero-order chi connectivity index (χ0) is 22.6. The van der Waals surface area contributed by atoms with Crippen molar-refractivity contribution in [3.05, 3.63) is 82.1 Å². The molecule has 3 unspecified atom stereocenters. The van der Waals surface area contributed by atoms with E-state index in [1.165, 1.54) is 23.3 Å². The van der Waals surface area contributed by atoms with Gasteiger partial charge in [-0.3, -0.25) is 4.79 Å². The Morgan fingerprint density at radius 1 is 1.22 bits per heavy atom. The summed E-state index contributed by atoms with van der Waals surface area (Å²) in [6.45, 7) is 6.74. The number of piperidine rings is 1. The van der Waals surface area contributed by atoms with Gasteiger partial charge >= 0.3 is 0 Å². The van der Waals surface area contributed by atoms with Crippen molar-refractivity contribution in [2.24, 2.45) is 5.41 Å². The molecule has 6 heteroatoms. The minimum atomic E-state index is -0.369. The van der Waals surface area contributed by atoms with Gasteiger partial charge in [-0.25, -0.2) is 9.37 Å². The van der Waals surface area contributed by atoms with E-state index in [1.54, 1.807) is 6.07 Å². The van der Waals surface area contributed by atoms with Gasteiger partial charge < -0.3 is 9.47 Å². The van der Waals surface area contributed by atoms with Gasteiger partial charge in [0.1, 0.15) is 5.82 Å². The highest BCUT2D eigenvalue weighted by atomic mass is 35.5. The van der Waals surface area contributed by atoms with Crippen LogP contribution in [0.2, 0.25) is 5.02 Å². The third kappa shape index (κ3) is 3.53. The van der Waals surface area contributed by atoms with Crippen LogP contribution in [-0.2, 0) is 4.79 Å². The van der Waals surface area contributed by atoms with Crippen LogP contribution in [0.25, 0.3) is 5.69 Å². The summed E-state index contributed by atoms with van der Waals surface area (Å²) in [4.78, 5) is 19.9. The van der Waals surface area contributed by atoms with Crippen LogP contribution in [0.4, 0.5) is 4.39 Å². The maximum absolute atomic E-state index is 13.9. The quantitative estimate of drug-likeness (QED) is 0.478. The van der Waals surface area contributed by atoms with Crippen molar-refractivity contribution in [1.82, 2.24) is 14.5 Å². The highest BCUT2D eigenvalue weighted by Crippen LogP contribution is 2.64. The molecule has 0 N–H and O–H groups in total. The van der Waals surface area contributed by atoms with Gasteiger partial charge in [0.05, 0.1) is 23.5 Å². The molecule has 2 heterocycles. The van der Waals surface area contributed by atoms with E-state index in [4.69, 9.17) is 11.6 Å². The zero-order valence-electron chi connectivity index (χ0n) is 18.6. The van der Waals surface area contributed by atoms with Gasteiger partial charge in [0, 0.05) is 23.5 Å². The Kier molecular flexibility index (Phi) is 5.12. The van der Waals surface area contributed by atoms with Crippen LogP contribution in [-0.4, -0.2) is 26.9 Å². The number of carbonyl (C=O) groups is 1. The second kappa shape index (κ2) is 7.73. The van der Waals surface area contributed by atoms with Crippen LogP contribution in [0.1, 0.15) is 60.5 Å². The van der Waals surface area contributed by atoms with Crippen LogP contribution < -0.4 is 0 Å². The number of aromatic nitrogens is 2. The Hall–Kier alpha value is -2.66. The van der Waals surface area contributed by atoms with Gasteiger partial charge in [-0.2, -0.15) is 0 Å². The molecule has 4 nitrogen and oxygen atoms in total. The number of aryl methyl sites for hydroxylation is 2. The predicted octanol–water partition coefficient (Wildman–Crippen LogP) is 6.14. The fourth-order valence-electron chi connectivity index (χ4n) is 5.42. The van der Waals surface area contributed by atoms with Crippen molar-refractivity contribution in [1.29, 1.82) is 0 Å². The Labute approximate surface area is 193 Å². The molecular weight excluding hydrogens is 425 g/mol. The molecule has 1 aliphatic carbocycles. The van der Waals surface area contributed by atoms with Crippen molar-refractivity contribution in [3.8, 4) is 5.69 Å². The average molecular weight is 452 g/mol. The third-order valence-electron chi connectivity index (χ3n) is 7.23. The molecule has 1 aromatic heterocycles. The SMILES string of the molecule is Cc1cn(-c2ccc(C3CC34CCCN(C(C)c3cc(F)cc(Cl)c3)C4=O)cc2C)cn1. The van der Waals surface area contributed by atoms with Crippen LogP contribution in [0.15, 0.2) is 48.9 Å². The molecule has 1 amide bonds. The lowest BCUT2D eigenvalue weighted by Gasteiger charge is -2.38. The summed E-state index contributed by atoms with van der Waals surface area (Å²) in [6.07, 6.45) is 6.59. The van der Waals surface area contributed by atoms with E-state index in [9.17, 15) is 9.18 Å². The Morgan fingerprint density at radius 2 is 2.03 bits per heavy atom. The largest absolute Gasteiger partial charge is 0.335 e. The maximum atomic E-state index is 13.9. The summed E-state index contributed by atoms with van der Waals surface area (Å²) >= 11 is 6.07. The smallest absolute Gasteiger partial charge is 0.229 e. The van der Waals surface area contributed by atoms with E-state index < -0.39 is 0 Å². The van der Waals surface area contributed by atoms with Gasteiger partial charge in [0.2, 0.25) is 5.91 Å². The number of nitrogens with zero attached hydrogens (tertiary/aromatic N) is 3. The van der Waals surface area contributed by atoms with Crippen molar-refractivity contribution in [2.45, 2.75) is 52.0 Å². The van der Waals surface area contributed by atoms with Crippen molar-refractivity contribution in [2.75, 3.05) is 6.54 Å². The first-order chi connectivity index (χ1) is 15.3. The van der Waals surface area contributed by atoms with Crippen molar-refractivity contribution in [3.63, 3.8) is 0 Å². The van der Waals surface area contributed by atoms with E-state index >= 15 is 0 Å². The molecule has 1 saturated carbocycles. The van der Waals surface area contributed by atoms with Crippen LogP contribution in [0, 0.1) is 25.1 Å². The molecular formula is C26H27ClFN3O. The minimum absolute atomic E-state index is 0.189. The Balaban J connectivity index is 1.38. The summed E-state index contributed by atoms with van der Waals surface area (Å²) in [5.74, 6) is 0.0541. The molecule has 2 aliphatic rings. The lowest BCUT2D eigenvalue weighted by atomic mass is 9.87. The fourth-order valence-corrected chi connectivity index (χ4v) is 5.65. The molecule has 2 fully saturated rings. The van der Waals surface area contributed by atoms with E-state index in [1.807, 2.05) is 35.8 Å². The first-order valence-corrected chi connectivity index (χ1v) is 11.5. The molecule has 32 heavy (non-hydrogen) atoms. The lowest BCUT2D eigenvalue weighted by Crippen LogP contribution is -2.44. The van der Waals surface area contributed by atoms with Crippen molar-refractivity contribution < 1.29 is 9.18 Å². The van der Waals surface area contributed by atoms with Crippen LogP contribution in [0.3, 0.4) is 0 Å². The molecule has 1 saturated heterocycles. The lowest BCUT2D eigenvalue weighted by molar-refractivity contribution is -0.143. The number of rotatable bonds is 4. The fraction of sp³-hybridized carbons (Fsp3) is 0.385. The Morgan fingerprint density at radius 3 is 2.72 bits per heavy atom. The maximum Gasteiger partial charge on any atom is 0.229 e. The molecule has 166 valence electrons. The normalized spacial score (nSPS) is 23.6. The van der Waals surface area contributed by atoms with E-state index in [0.29, 0.717) is 11.6 Å². The molecule has 5 rings (SSSR count). The van der Waals surface area contributed by atoms with E-state index in [0.717, 1.165) is 36.2 Å². The molecule has 3 atom stereocenters. The number of carbonyl (C=O) groups excluding carboxylic acids is 1. The van der Waals surface area contributed by atoms with Gasteiger partial charge in [0.15, 0.2) is 0 Å². The number of hydrogen-bond acceptors (Lipinski definition) is 2. The number of benzene rings is 2. The predicted molar refractivity (Wildman–Crippen MR) is 124 cm³/mol. The third-order valence-corrected chi connectivity index (χ3v) is 7.45. The molecule has 0 radical (unpaired) electrons. The molecule has 1 aliphatic heterocycles. The summed E-state index contributed by atoms with van der Waals surface area (Å²) in [7, 11) is 0. The summed E-state index contributed by atoms with van der Waals surface area (Å²) in [6, 6.07) is 10.8. The average Bonchev–Trinajstić information content (AvgIpc) is 3.31. The number of amides is 1. The standard InChI is InChI=1S/C26H27ClFN3O/c1-16-9-19(5-6-24(16)30-14-17(2)29-15-30)23-13-26(23)7-4-8-31(25(26)32)18(3)20-10-21(27)12-22(28)11-20/h5-6,9-12,14-15,18,23H,4,7-8,13H2,1-3H3. The van der Waals surface area contributed by atoms with E-state index in [2.05, 4.69) is 30.1 Å². The minimum Gasteiger partial charge on any atom is -0.335 e. The number of halogens is 2. The molecule has 1 spiro atoms. The highest BCUT2D eigenvalue weighted by Gasteiger charge is 2.62. The van der Waals surface area contributed by atoms with Crippen molar-refractivity contribution >= 4 is 17.5 Å². The van der Waals surface area contributed by atoms with Gasteiger partial charge in [-0.1, -0.05) is 23.7 Å². The second-order valence-electron chi connectivity index (χ2n) is 9.36. The topological polar surface area (TPSA) is 38.1 Å². The van der Waals surface area contributed by atoms with E-state index in [-0.39, 0.29) is 29.1 Å². The zero-order valence-corrected chi connectivity index (χ0v) is 19.4. The van der Waals surface area contributed by atoms with Gasteiger partial charge in [-0.15, -0.1) is 0 Å². The molecule has 0 bridgehead atoms. The second-order valence-corrected chi connectivity index (χ2v) is 9.80. The summed E-state index contributed by atoms with van der Waals surface area (Å²) in [5, 5.41) is 0.360.